The Morgan fingerprint density at radius 2 is 1.55 bits per heavy atom. The van der Waals surface area contributed by atoms with Crippen LogP contribution in [-0.4, -0.2) is 128 Å². The largest absolute Gasteiger partial charge is 0.490 e. The van der Waals surface area contributed by atoms with Gasteiger partial charge in [0.2, 0.25) is 23.6 Å². The number of aromatic nitrogens is 2. The monoisotopic (exact) mass is 953 g/mol. The van der Waals surface area contributed by atoms with Gasteiger partial charge in [0.1, 0.15) is 11.8 Å². The summed E-state index contributed by atoms with van der Waals surface area (Å²) in [4.78, 5) is 93.2. The highest BCUT2D eigenvalue weighted by atomic mass is 19.4. The molecular formula is C50H54F3N7O9. The lowest BCUT2D eigenvalue weighted by Crippen LogP contribution is -2.54. The van der Waals surface area contributed by atoms with Crippen molar-refractivity contribution in [2.45, 2.75) is 121 Å². The Kier molecular flexibility index (Phi) is 13.4. The first-order valence-electron chi connectivity index (χ1n) is 23.9. The maximum atomic E-state index is 13.4. The van der Waals surface area contributed by atoms with Crippen LogP contribution in [-0.2, 0) is 30.4 Å². The van der Waals surface area contributed by atoms with Crippen molar-refractivity contribution < 1.29 is 56.6 Å². The summed E-state index contributed by atoms with van der Waals surface area (Å²) < 4.78 is 40.6. The standard InChI is InChI=1S/C48H53N7O7.C2HF3O2/c1-29-5-11-38-40(54(29)46(59)32-9-10-32)14-13-36(44(38)62-35-3-2-4-35)33-26-49-53(27-33)34-19-21-51(22-20-34)28-43(57)52-23-17-30(18-24-52)6-7-31-8-12-37-39(25-31)48(61)55(47(37)60)41-15-16-42(56)50-45(41)58;3-2(4,5)1(6)7/h8,12-14,25-27,29-30,32,34-35,41H,2-5,9-11,15-24,28H2,1H3,(H,50,56,58);(H,6,7)/t29-,41?;/m0./s1. The Morgan fingerprint density at radius 1 is 0.855 bits per heavy atom. The molecule has 2 saturated carbocycles. The van der Waals surface area contributed by atoms with E-state index in [1.807, 2.05) is 16.0 Å². The summed E-state index contributed by atoms with van der Waals surface area (Å²) >= 11 is 0. The topological polar surface area (TPSA) is 192 Å². The summed E-state index contributed by atoms with van der Waals surface area (Å²) in [5, 5.41) is 14.2. The maximum absolute atomic E-state index is 13.4. The van der Waals surface area contributed by atoms with Crippen LogP contribution in [0.25, 0.3) is 11.1 Å². The fourth-order valence-electron chi connectivity index (χ4n) is 10.0. The molecule has 10 rings (SSSR count). The summed E-state index contributed by atoms with van der Waals surface area (Å²) in [7, 11) is 0. The lowest BCUT2D eigenvalue weighted by molar-refractivity contribution is -0.192. The molecule has 6 heterocycles. The minimum absolute atomic E-state index is 0.0680. The molecule has 7 aliphatic rings. The summed E-state index contributed by atoms with van der Waals surface area (Å²) in [6.07, 6.45) is 9.79. The third kappa shape index (κ3) is 10.1. The molecule has 364 valence electrons. The van der Waals surface area contributed by atoms with Crippen LogP contribution in [0, 0.1) is 23.7 Å². The number of ether oxygens (including phenoxy) is 1. The third-order valence-corrected chi connectivity index (χ3v) is 14.4. The number of nitrogens with zero attached hydrogens (tertiary/aromatic N) is 6. The summed E-state index contributed by atoms with van der Waals surface area (Å²) in [5.74, 6) is 3.17. The number of fused-ring (bicyclic) bond motifs is 2. The van der Waals surface area contributed by atoms with Crippen LogP contribution < -0.4 is 15.0 Å². The highest BCUT2D eigenvalue weighted by Gasteiger charge is 2.45. The number of piperidine rings is 3. The number of carboxylic acids is 1. The van der Waals surface area contributed by atoms with E-state index in [1.165, 1.54) is 6.42 Å². The number of carbonyl (C=O) groups excluding carboxylic acids is 6. The van der Waals surface area contributed by atoms with Gasteiger partial charge in [-0.15, -0.1) is 0 Å². The number of alkyl halides is 3. The van der Waals surface area contributed by atoms with Crippen LogP contribution in [0.3, 0.4) is 0 Å². The van der Waals surface area contributed by atoms with Crippen LogP contribution >= 0.6 is 0 Å². The predicted octanol–water partition coefficient (Wildman–Crippen LogP) is 5.52. The van der Waals surface area contributed by atoms with Gasteiger partial charge in [0.05, 0.1) is 41.7 Å². The highest BCUT2D eigenvalue weighted by Crippen LogP contribution is 2.46. The molecule has 0 spiro atoms. The number of carboxylic acid groups (broad SMARTS) is 1. The third-order valence-electron chi connectivity index (χ3n) is 14.4. The number of nitrogens with one attached hydrogen (secondary N) is 1. The van der Waals surface area contributed by atoms with Crippen molar-refractivity contribution in [1.29, 1.82) is 0 Å². The molecular weight excluding hydrogens is 900 g/mol. The number of aliphatic carboxylic acids is 1. The van der Waals surface area contributed by atoms with E-state index in [4.69, 9.17) is 19.7 Å². The first kappa shape index (κ1) is 47.5. The Balaban J connectivity index is 0.000000788. The number of amides is 6. The van der Waals surface area contributed by atoms with Crippen molar-refractivity contribution in [1.82, 2.24) is 29.8 Å². The van der Waals surface area contributed by atoms with Crippen LogP contribution in [0.15, 0.2) is 42.7 Å². The zero-order valence-corrected chi connectivity index (χ0v) is 38.3. The number of rotatable bonds is 8. The zero-order valence-electron chi connectivity index (χ0n) is 38.3. The van der Waals surface area contributed by atoms with Gasteiger partial charge < -0.3 is 19.6 Å². The second kappa shape index (κ2) is 19.4. The van der Waals surface area contributed by atoms with Gasteiger partial charge in [-0.25, -0.2) is 4.79 Å². The van der Waals surface area contributed by atoms with E-state index < -0.39 is 41.8 Å². The normalized spacial score (nSPS) is 22.4. The molecule has 6 amide bonds. The molecule has 5 aliphatic heterocycles. The molecule has 2 atom stereocenters. The average molecular weight is 954 g/mol. The molecule has 0 radical (unpaired) electrons. The van der Waals surface area contributed by atoms with E-state index in [1.54, 1.807) is 18.2 Å². The van der Waals surface area contributed by atoms with Crippen LogP contribution in [0.2, 0.25) is 0 Å². The maximum Gasteiger partial charge on any atom is 0.490 e. The minimum atomic E-state index is -5.08. The molecule has 2 aliphatic carbocycles. The lowest BCUT2D eigenvalue weighted by Gasteiger charge is -2.38. The highest BCUT2D eigenvalue weighted by molar-refractivity contribution is 6.23. The van der Waals surface area contributed by atoms with E-state index in [2.05, 4.69) is 52.0 Å². The van der Waals surface area contributed by atoms with Crippen molar-refractivity contribution >= 4 is 47.1 Å². The molecule has 0 bridgehead atoms. The number of halogens is 3. The van der Waals surface area contributed by atoms with Crippen molar-refractivity contribution in [3.05, 3.63) is 65.0 Å². The molecule has 5 fully saturated rings. The number of carbonyl (C=O) groups is 7. The lowest BCUT2D eigenvalue weighted by atomic mass is 9.91. The van der Waals surface area contributed by atoms with Gasteiger partial charge in [-0.3, -0.25) is 48.6 Å². The number of benzene rings is 2. The fourth-order valence-corrected chi connectivity index (χ4v) is 10.0. The van der Waals surface area contributed by atoms with Crippen LogP contribution in [0.5, 0.6) is 5.75 Å². The molecule has 1 unspecified atom stereocenters. The number of likely N-dealkylation sites (tertiary alicyclic amines) is 2. The van der Waals surface area contributed by atoms with E-state index in [0.29, 0.717) is 25.2 Å². The van der Waals surface area contributed by atoms with E-state index >= 15 is 0 Å². The van der Waals surface area contributed by atoms with Crippen molar-refractivity contribution in [3.8, 4) is 28.7 Å². The first-order chi connectivity index (χ1) is 33.0. The number of anilines is 1. The fraction of sp³-hybridized carbons (Fsp3) is 0.520. The van der Waals surface area contributed by atoms with Crippen LogP contribution in [0.4, 0.5) is 18.9 Å². The van der Waals surface area contributed by atoms with Gasteiger partial charge >= 0.3 is 12.1 Å². The SMILES string of the molecule is C[C@H]1CCc2c(ccc(-c3cnn(C4CCN(CC(=O)N5CCC(C#Cc6ccc7c(c6)C(=O)N(C6CCC(=O)NC6=O)C7=O)CC5)CC4)c3)c2OC2CCC2)N1C(=O)C1CC1.O=C(O)C(F)(F)F. The average Bonchev–Trinajstić information content (AvgIpc) is 4.00. The van der Waals surface area contributed by atoms with Crippen LogP contribution in [0.1, 0.15) is 122 Å². The predicted molar refractivity (Wildman–Crippen MR) is 242 cm³/mol. The van der Waals surface area contributed by atoms with Gasteiger partial charge in [0, 0.05) is 78.9 Å². The van der Waals surface area contributed by atoms with Gasteiger partial charge in [-0.2, -0.15) is 18.3 Å². The van der Waals surface area contributed by atoms with Crippen molar-refractivity contribution in [2.24, 2.45) is 11.8 Å². The Labute approximate surface area is 396 Å². The van der Waals surface area contributed by atoms with Gasteiger partial charge in [0.15, 0.2) is 0 Å². The molecule has 2 N–H and O–H groups in total. The second-order valence-electron chi connectivity index (χ2n) is 19.1. The van der Waals surface area contributed by atoms with Crippen molar-refractivity contribution in [2.75, 3.05) is 37.6 Å². The molecule has 19 heteroatoms. The van der Waals surface area contributed by atoms with Gasteiger partial charge in [-0.05, 0) is 114 Å². The second-order valence-corrected chi connectivity index (χ2v) is 19.1. The quantitative estimate of drug-likeness (QED) is 0.214. The minimum Gasteiger partial charge on any atom is -0.489 e. The first-order valence-corrected chi connectivity index (χ1v) is 23.9. The molecule has 3 aromatic rings. The Morgan fingerprint density at radius 3 is 2.20 bits per heavy atom. The Bertz CT molecular complexity index is 2630. The molecule has 69 heavy (non-hydrogen) atoms. The number of imide groups is 2. The molecule has 1 aromatic heterocycles. The smallest absolute Gasteiger partial charge is 0.489 e. The van der Waals surface area contributed by atoms with Crippen molar-refractivity contribution in [3.63, 3.8) is 0 Å². The number of hydrogen-bond acceptors (Lipinski definition) is 10. The van der Waals surface area contributed by atoms with E-state index in [0.717, 1.165) is 110 Å². The molecule has 16 nitrogen and oxygen atoms in total. The van der Waals surface area contributed by atoms with E-state index in [9.17, 15) is 41.9 Å². The zero-order chi connectivity index (χ0) is 48.7. The van der Waals surface area contributed by atoms with Gasteiger partial charge in [-0.1, -0.05) is 11.8 Å². The summed E-state index contributed by atoms with van der Waals surface area (Å²) in [6, 6.07) is 8.56. The van der Waals surface area contributed by atoms with E-state index in [-0.39, 0.29) is 65.8 Å². The molecule has 3 saturated heterocycles. The number of hydrogen-bond donors (Lipinski definition) is 2. The molecule has 2 aromatic carbocycles. The summed E-state index contributed by atoms with van der Waals surface area (Å²) in [6.45, 7) is 5.44. The summed E-state index contributed by atoms with van der Waals surface area (Å²) in [5.41, 5.74) is 5.29. The van der Waals surface area contributed by atoms with Gasteiger partial charge in [0.25, 0.3) is 11.8 Å². The Hall–Kier alpha value is -6.55.